The van der Waals surface area contributed by atoms with Crippen molar-refractivity contribution in [1.82, 2.24) is 9.80 Å². The molecule has 0 saturated carbocycles. The number of likely N-dealkylation sites (tertiary alicyclic amines) is 1. The van der Waals surface area contributed by atoms with Gasteiger partial charge in [-0.2, -0.15) is 0 Å². The van der Waals surface area contributed by atoms with Crippen molar-refractivity contribution in [3.63, 3.8) is 0 Å². The van der Waals surface area contributed by atoms with Crippen molar-refractivity contribution in [2.24, 2.45) is 5.92 Å². The Bertz CT molecular complexity index is 179. The second-order valence-electron chi connectivity index (χ2n) is 5.90. The Balaban J connectivity index is 2.17. The van der Waals surface area contributed by atoms with Gasteiger partial charge in [-0.25, -0.2) is 0 Å². The Morgan fingerprint density at radius 1 is 1.12 bits per heavy atom. The number of hydrogen-bond acceptors (Lipinski definition) is 3. The molecule has 0 aromatic rings. The van der Waals surface area contributed by atoms with Crippen LogP contribution in [0.1, 0.15) is 40.0 Å². The Morgan fingerprint density at radius 3 is 2.29 bits per heavy atom. The number of aliphatic hydroxyl groups is 1. The summed E-state index contributed by atoms with van der Waals surface area (Å²) in [6.07, 6.45) is 3.78. The summed E-state index contributed by atoms with van der Waals surface area (Å²) in [7, 11) is 0. The predicted molar refractivity (Wildman–Crippen MR) is 73.2 cm³/mol. The fourth-order valence-corrected chi connectivity index (χ4v) is 2.67. The lowest BCUT2D eigenvalue weighted by molar-refractivity contribution is 0.115. The highest BCUT2D eigenvalue weighted by Gasteiger charge is 2.13. The third-order valence-corrected chi connectivity index (χ3v) is 3.29. The highest BCUT2D eigenvalue weighted by molar-refractivity contribution is 4.68. The van der Waals surface area contributed by atoms with Gasteiger partial charge in [0, 0.05) is 13.1 Å². The topological polar surface area (TPSA) is 26.7 Å². The zero-order valence-corrected chi connectivity index (χ0v) is 11.9. The third-order valence-electron chi connectivity index (χ3n) is 3.29. The lowest BCUT2D eigenvalue weighted by Crippen LogP contribution is -2.36. The van der Waals surface area contributed by atoms with Crippen molar-refractivity contribution in [2.45, 2.75) is 46.1 Å². The molecular formula is C14H30N2O. The molecule has 0 aliphatic carbocycles. The van der Waals surface area contributed by atoms with E-state index in [0.717, 1.165) is 19.6 Å². The Kier molecular flexibility index (Phi) is 7.09. The van der Waals surface area contributed by atoms with E-state index in [2.05, 4.69) is 23.6 Å². The minimum absolute atomic E-state index is 0.208. The zero-order chi connectivity index (χ0) is 12.7. The average molecular weight is 242 g/mol. The van der Waals surface area contributed by atoms with Crippen molar-refractivity contribution in [3.05, 3.63) is 0 Å². The highest BCUT2D eigenvalue weighted by atomic mass is 16.3. The minimum Gasteiger partial charge on any atom is -0.392 e. The van der Waals surface area contributed by atoms with Gasteiger partial charge in [0.1, 0.15) is 0 Å². The molecule has 102 valence electrons. The van der Waals surface area contributed by atoms with Gasteiger partial charge in [0.2, 0.25) is 0 Å². The lowest BCUT2D eigenvalue weighted by atomic mass is 10.2. The molecular weight excluding hydrogens is 212 g/mol. The van der Waals surface area contributed by atoms with Crippen molar-refractivity contribution >= 4 is 0 Å². The van der Waals surface area contributed by atoms with Crippen LogP contribution >= 0.6 is 0 Å². The summed E-state index contributed by atoms with van der Waals surface area (Å²) < 4.78 is 0. The number of aliphatic hydroxyl groups excluding tert-OH is 1. The van der Waals surface area contributed by atoms with E-state index < -0.39 is 0 Å². The molecule has 1 saturated heterocycles. The summed E-state index contributed by atoms with van der Waals surface area (Å²) >= 11 is 0. The van der Waals surface area contributed by atoms with Gasteiger partial charge in [-0.3, -0.25) is 0 Å². The number of rotatable bonds is 8. The molecule has 17 heavy (non-hydrogen) atoms. The largest absolute Gasteiger partial charge is 0.392 e. The fourth-order valence-electron chi connectivity index (χ4n) is 2.67. The normalized spacial score (nSPS) is 19.4. The second kappa shape index (κ2) is 8.06. The molecule has 0 amide bonds. The summed E-state index contributed by atoms with van der Waals surface area (Å²) in [5, 5.41) is 9.49. The van der Waals surface area contributed by atoms with Crippen LogP contribution in [0.3, 0.4) is 0 Å². The van der Waals surface area contributed by atoms with Crippen LogP contribution in [0.2, 0.25) is 0 Å². The molecule has 1 rings (SSSR count). The van der Waals surface area contributed by atoms with E-state index in [1.165, 1.54) is 38.9 Å². The van der Waals surface area contributed by atoms with Crippen molar-refractivity contribution in [2.75, 3.05) is 39.3 Å². The molecule has 1 fully saturated rings. The molecule has 1 atom stereocenters. The standard InChI is InChI=1S/C14H30N2O/c1-13(2)11-16(12-14(3)17)10-6-9-15-7-4-5-8-15/h13-14,17H,4-12H2,1-3H3. The quantitative estimate of drug-likeness (QED) is 0.703. The first kappa shape index (κ1) is 14.9. The van der Waals surface area contributed by atoms with Crippen LogP contribution in [0.4, 0.5) is 0 Å². The molecule has 0 bridgehead atoms. The van der Waals surface area contributed by atoms with E-state index in [1.54, 1.807) is 0 Å². The van der Waals surface area contributed by atoms with Gasteiger partial charge in [-0.05, 0) is 58.3 Å². The van der Waals surface area contributed by atoms with Crippen LogP contribution in [-0.2, 0) is 0 Å². The van der Waals surface area contributed by atoms with Crippen LogP contribution in [0, 0.1) is 5.92 Å². The van der Waals surface area contributed by atoms with Gasteiger partial charge in [0.25, 0.3) is 0 Å². The summed E-state index contributed by atoms with van der Waals surface area (Å²) in [4.78, 5) is 4.97. The highest BCUT2D eigenvalue weighted by Crippen LogP contribution is 2.08. The average Bonchev–Trinajstić information content (AvgIpc) is 2.68. The lowest BCUT2D eigenvalue weighted by Gasteiger charge is -2.26. The molecule has 1 aliphatic rings. The maximum atomic E-state index is 9.49. The molecule has 0 spiro atoms. The Labute approximate surface area is 107 Å². The van der Waals surface area contributed by atoms with Gasteiger partial charge in [-0.1, -0.05) is 13.8 Å². The first-order valence-electron chi connectivity index (χ1n) is 7.20. The van der Waals surface area contributed by atoms with E-state index in [-0.39, 0.29) is 6.10 Å². The monoisotopic (exact) mass is 242 g/mol. The SMILES string of the molecule is CC(C)CN(CCCN1CCCC1)CC(C)O. The van der Waals surface area contributed by atoms with Crippen molar-refractivity contribution < 1.29 is 5.11 Å². The first-order valence-corrected chi connectivity index (χ1v) is 7.20. The van der Waals surface area contributed by atoms with Crippen LogP contribution in [0.5, 0.6) is 0 Å². The molecule has 1 unspecified atom stereocenters. The molecule has 3 heteroatoms. The van der Waals surface area contributed by atoms with Gasteiger partial charge < -0.3 is 14.9 Å². The van der Waals surface area contributed by atoms with Gasteiger partial charge in [0.15, 0.2) is 0 Å². The zero-order valence-electron chi connectivity index (χ0n) is 11.9. The maximum Gasteiger partial charge on any atom is 0.0639 e. The van der Waals surface area contributed by atoms with E-state index >= 15 is 0 Å². The van der Waals surface area contributed by atoms with Gasteiger partial charge in [-0.15, -0.1) is 0 Å². The van der Waals surface area contributed by atoms with Gasteiger partial charge >= 0.3 is 0 Å². The summed E-state index contributed by atoms with van der Waals surface area (Å²) in [6.45, 7) is 13.2. The van der Waals surface area contributed by atoms with E-state index in [1.807, 2.05) is 6.92 Å². The summed E-state index contributed by atoms with van der Waals surface area (Å²) in [5.41, 5.74) is 0. The van der Waals surface area contributed by atoms with E-state index in [4.69, 9.17) is 0 Å². The molecule has 3 nitrogen and oxygen atoms in total. The Hall–Kier alpha value is -0.120. The smallest absolute Gasteiger partial charge is 0.0639 e. The molecule has 0 radical (unpaired) electrons. The molecule has 0 aromatic heterocycles. The van der Waals surface area contributed by atoms with E-state index in [9.17, 15) is 5.11 Å². The molecule has 1 aliphatic heterocycles. The number of hydrogen-bond donors (Lipinski definition) is 1. The fraction of sp³-hybridized carbons (Fsp3) is 1.00. The predicted octanol–water partition coefficient (Wildman–Crippen LogP) is 1.81. The van der Waals surface area contributed by atoms with Crippen molar-refractivity contribution in [1.29, 1.82) is 0 Å². The summed E-state index contributed by atoms with van der Waals surface area (Å²) in [5.74, 6) is 0.681. The van der Waals surface area contributed by atoms with Crippen LogP contribution in [0.25, 0.3) is 0 Å². The third kappa shape index (κ3) is 7.02. The summed E-state index contributed by atoms with van der Waals surface area (Å²) in [6, 6.07) is 0. The number of nitrogens with zero attached hydrogens (tertiary/aromatic N) is 2. The minimum atomic E-state index is -0.208. The van der Waals surface area contributed by atoms with Gasteiger partial charge in [0.05, 0.1) is 6.10 Å². The van der Waals surface area contributed by atoms with Crippen LogP contribution < -0.4 is 0 Å². The van der Waals surface area contributed by atoms with Crippen molar-refractivity contribution in [3.8, 4) is 0 Å². The van der Waals surface area contributed by atoms with Crippen LogP contribution in [0.15, 0.2) is 0 Å². The van der Waals surface area contributed by atoms with E-state index in [0.29, 0.717) is 5.92 Å². The molecule has 0 aromatic carbocycles. The molecule has 1 N–H and O–H groups in total. The second-order valence-corrected chi connectivity index (χ2v) is 5.90. The van der Waals surface area contributed by atoms with Crippen LogP contribution in [-0.4, -0.2) is 60.3 Å². The molecule has 1 heterocycles. The maximum absolute atomic E-state index is 9.49. The first-order chi connectivity index (χ1) is 8.08. The Morgan fingerprint density at radius 2 is 1.76 bits per heavy atom.